The van der Waals surface area contributed by atoms with Gasteiger partial charge in [0.25, 0.3) is 5.91 Å². The van der Waals surface area contributed by atoms with Crippen LogP contribution in [0.4, 0.5) is 5.00 Å². The molecular weight excluding hydrogens is 480 g/mol. The summed E-state index contributed by atoms with van der Waals surface area (Å²) in [5.74, 6) is -1.63. The number of ether oxygens (including phenoxy) is 2. The molecule has 0 aliphatic heterocycles. The minimum atomic E-state index is -0.621. The van der Waals surface area contributed by atoms with Gasteiger partial charge in [-0.1, -0.05) is 18.2 Å². The van der Waals surface area contributed by atoms with Crippen LogP contribution < -0.4 is 5.32 Å². The third-order valence-corrected chi connectivity index (χ3v) is 6.72. The molecule has 0 aliphatic carbocycles. The molecule has 3 aromatic heterocycles. The Kier molecular flexibility index (Phi) is 7.44. The third kappa shape index (κ3) is 4.85. The molecule has 0 unspecified atom stereocenters. The van der Waals surface area contributed by atoms with Crippen molar-refractivity contribution >= 4 is 45.1 Å². The maximum absolute atomic E-state index is 13.6. The quantitative estimate of drug-likeness (QED) is 0.331. The second kappa shape index (κ2) is 10.7. The highest BCUT2D eigenvalue weighted by Crippen LogP contribution is 2.35. The molecule has 0 fully saturated rings. The number of aryl methyl sites for hydroxylation is 1. The molecule has 0 atom stereocenters. The van der Waals surface area contributed by atoms with E-state index >= 15 is 0 Å². The second-order valence-corrected chi connectivity index (χ2v) is 8.83. The number of carbonyl (C=O) groups is 3. The zero-order valence-electron chi connectivity index (χ0n) is 20.5. The fraction of sp³-hybridized carbons (Fsp3) is 0.269. The van der Waals surface area contributed by atoms with Crippen molar-refractivity contribution in [3.63, 3.8) is 0 Å². The van der Waals surface area contributed by atoms with Crippen LogP contribution in [-0.4, -0.2) is 45.8 Å². The number of nitrogens with zero attached hydrogens (tertiary/aromatic N) is 3. The summed E-state index contributed by atoms with van der Waals surface area (Å²) in [6.45, 7) is 8.06. The van der Waals surface area contributed by atoms with Crippen LogP contribution in [0.1, 0.15) is 56.7 Å². The van der Waals surface area contributed by atoms with Crippen molar-refractivity contribution < 1.29 is 23.9 Å². The molecule has 1 aromatic carbocycles. The van der Waals surface area contributed by atoms with Crippen molar-refractivity contribution in [2.75, 3.05) is 18.5 Å². The first-order valence-corrected chi connectivity index (χ1v) is 12.4. The van der Waals surface area contributed by atoms with E-state index in [2.05, 4.69) is 10.4 Å². The Balaban J connectivity index is 1.79. The van der Waals surface area contributed by atoms with Gasteiger partial charge in [-0.15, -0.1) is 11.3 Å². The summed E-state index contributed by atoms with van der Waals surface area (Å²) in [6.07, 6.45) is 3.57. The van der Waals surface area contributed by atoms with Crippen LogP contribution >= 0.6 is 11.3 Å². The lowest BCUT2D eigenvalue weighted by Gasteiger charge is -2.10. The summed E-state index contributed by atoms with van der Waals surface area (Å²) in [4.78, 5) is 43.8. The van der Waals surface area contributed by atoms with Gasteiger partial charge >= 0.3 is 11.9 Å². The lowest BCUT2D eigenvalue weighted by Crippen LogP contribution is -2.15. The Hall–Kier alpha value is -4.05. The molecule has 4 aromatic rings. The van der Waals surface area contributed by atoms with Crippen LogP contribution in [0, 0.1) is 6.92 Å². The van der Waals surface area contributed by atoms with Crippen molar-refractivity contribution in [2.45, 2.75) is 34.2 Å². The Labute approximate surface area is 212 Å². The maximum atomic E-state index is 13.6. The number of amides is 1. The molecule has 0 radical (unpaired) electrons. The lowest BCUT2D eigenvalue weighted by molar-refractivity contribution is 0.0527. The maximum Gasteiger partial charge on any atom is 0.348 e. The Morgan fingerprint density at radius 1 is 1.06 bits per heavy atom. The van der Waals surface area contributed by atoms with E-state index < -0.39 is 17.8 Å². The first-order chi connectivity index (χ1) is 17.4. The molecule has 3 heterocycles. The van der Waals surface area contributed by atoms with Gasteiger partial charge in [-0.3, -0.25) is 9.48 Å². The summed E-state index contributed by atoms with van der Waals surface area (Å²) in [5, 5.41) is 8.02. The molecule has 0 saturated carbocycles. The van der Waals surface area contributed by atoms with E-state index in [9.17, 15) is 14.4 Å². The number of thiophene rings is 1. The Morgan fingerprint density at radius 2 is 1.78 bits per heavy atom. The molecule has 0 spiro atoms. The van der Waals surface area contributed by atoms with E-state index in [1.54, 1.807) is 37.7 Å². The van der Waals surface area contributed by atoms with Gasteiger partial charge in [0.1, 0.15) is 9.88 Å². The van der Waals surface area contributed by atoms with Gasteiger partial charge in [0.2, 0.25) is 0 Å². The van der Waals surface area contributed by atoms with Crippen LogP contribution in [0.3, 0.4) is 0 Å². The van der Waals surface area contributed by atoms with E-state index in [1.807, 2.05) is 37.4 Å². The number of nitrogens with one attached hydrogen (secondary N) is 1. The molecule has 1 N–H and O–H groups in total. The number of carbonyl (C=O) groups excluding carboxylic acids is 3. The minimum absolute atomic E-state index is 0.140. The lowest BCUT2D eigenvalue weighted by atomic mass is 10.0. The second-order valence-electron chi connectivity index (χ2n) is 7.81. The van der Waals surface area contributed by atoms with Gasteiger partial charge in [-0.05, 0) is 45.4 Å². The highest BCUT2D eigenvalue weighted by Gasteiger charge is 2.28. The fourth-order valence-electron chi connectivity index (χ4n) is 3.79. The standard InChI is InChI=1S/C26H26N4O5S/c1-5-30-14-16(13-27-30)20-12-18(17-10-8-9-11-19(17)28-20)23(31)29-24-21(25(32)34-6-2)15(4)22(36-24)26(33)35-7-3/h8-14H,5-7H2,1-4H3,(H,29,31). The SMILES string of the molecule is CCOC(=O)c1sc(NC(=O)c2cc(-c3cnn(CC)c3)nc3ccccc23)c(C(=O)OCC)c1C. The van der Waals surface area contributed by atoms with Crippen molar-refractivity contribution in [3.8, 4) is 11.3 Å². The first kappa shape index (κ1) is 25.1. The number of rotatable bonds is 8. The van der Waals surface area contributed by atoms with Crippen LogP contribution in [0.5, 0.6) is 0 Å². The van der Waals surface area contributed by atoms with E-state index in [-0.39, 0.29) is 28.7 Å². The highest BCUT2D eigenvalue weighted by molar-refractivity contribution is 7.18. The monoisotopic (exact) mass is 506 g/mol. The van der Waals surface area contributed by atoms with E-state index in [1.165, 1.54) is 0 Å². The number of anilines is 1. The zero-order valence-corrected chi connectivity index (χ0v) is 21.3. The zero-order chi connectivity index (χ0) is 25.8. The predicted molar refractivity (Wildman–Crippen MR) is 138 cm³/mol. The average Bonchev–Trinajstić information content (AvgIpc) is 3.48. The molecule has 36 heavy (non-hydrogen) atoms. The van der Waals surface area contributed by atoms with Gasteiger partial charge in [0, 0.05) is 23.7 Å². The molecule has 9 nitrogen and oxygen atoms in total. The third-order valence-electron chi connectivity index (χ3n) is 5.53. The van der Waals surface area contributed by atoms with Crippen molar-refractivity contribution in [2.24, 2.45) is 0 Å². The molecule has 0 bridgehead atoms. The van der Waals surface area contributed by atoms with E-state index in [0.717, 1.165) is 16.9 Å². The molecule has 186 valence electrons. The summed E-state index contributed by atoms with van der Waals surface area (Å²) in [5.41, 5.74) is 2.93. The fourth-order valence-corrected chi connectivity index (χ4v) is 4.88. The number of para-hydroxylation sites is 1. The van der Waals surface area contributed by atoms with Gasteiger partial charge in [0.15, 0.2) is 0 Å². The van der Waals surface area contributed by atoms with Gasteiger partial charge in [-0.25, -0.2) is 14.6 Å². The van der Waals surface area contributed by atoms with Gasteiger partial charge in [-0.2, -0.15) is 5.10 Å². The van der Waals surface area contributed by atoms with Crippen molar-refractivity contribution in [1.82, 2.24) is 14.8 Å². The highest BCUT2D eigenvalue weighted by atomic mass is 32.1. The van der Waals surface area contributed by atoms with Crippen LogP contribution in [0.2, 0.25) is 0 Å². The van der Waals surface area contributed by atoms with Gasteiger partial charge < -0.3 is 14.8 Å². The summed E-state index contributed by atoms with van der Waals surface area (Å²) in [6, 6.07) is 9.02. The molecule has 4 rings (SSSR count). The number of benzene rings is 1. The molecule has 10 heteroatoms. The molecule has 0 saturated heterocycles. The predicted octanol–water partition coefficient (Wildman–Crippen LogP) is 5.09. The Morgan fingerprint density at radius 3 is 2.47 bits per heavy atom. The number of pyridine rings is 1. The van der Waals surface area contributed by atoms with Crippen LogP contribution in [0.15, 0.2) is 42.7 Å². The largest absolute Gasteiger partial charge is 0.462 e. The van der Waals surface area contributed by atoms with Crippen LogP contribution in [-0.2, 0) is 16.0 Å². The minimum Gasteiger partial charge on any atom is -0.462 e. The number of fused-ring (bicyclic) bond motifs is 1. The smallest absolute Gasteiger partial charge is 0.348 e. The average molecular weight is 507 g/mol. The molecular formula is C26H26N4O5S. The van der Waals surface area contributed by atoms with Crippen molar-refractivity contribution in [3.05, 3.63) is 64.3 Å². The van der Waals surface area contributed by atoms with Crippen LogP contribution in [0.25, 0.3) is 22.2 Å². The first-order valence-electron chi connectivity index (χ1n) is 11.6. The summed E-state index contributed by atoms with van der Waals surface area (Å²) < 4.78 is 12.1. The molecule has 0 aliphatic rings. The molecule has 1 amide bonds. The van der Waals surface area contributed by atoms with E-state index in [4.69, 9.17) is 14.5 Å². The summed E-state index contributed by atoms with van der Waals surface area (Å²) >= 11 is 0.987. The summed E-state index contributed by atoms with van der Waals surface area (Å²) in [7, 11) is 0. The number of hydrogen-bond donors (Lipinski definition) is 1. The van der Waals surface area contributed by atoms with Crippen molar-refractivity contribution in [1.29, 1.82) is 0 Å². The Bertz CT molecular complexity index is 1460. The van der Waals surface area contributed by atoms with Gasteiger partial charge in [0.05, 0.1) is 41.7 Å². The van der Waals surface area contributed by atoms with E-state index in [0.29, 0.717) is 34.3 Å². The number of esters is 2. The topological polar surface area (TPSA) is 112 Å². The number of aromatic nitrogens is 3. The number of hydrogen-bond acceptors (Lipinski definition) is 8. The normalized spacial score (nSPS) is 10.9.